The Balaban J connectivity index is 1.95. The number of carbonyl (C=O) groups excluding carboxylic acids is 1. The summed E-state index contributed by atoms with van der Waals surface area (Å²) < 4.78 is 13.8. The summed E-state index contributed by atoms with van der Waals surface area (Å²) in [6, 6.07) is 6.14. The molecule has 108 valence electrons. The monoisotopic (exact) mass is 303 g/mol. The minimum Gasteiger partial charge on any atom is -0.384 e. The molecule has 2 aromatic rings. The molecule has 0 bridgehead atoms. The molecule has 0 aliphatic carbocycles. The van der Waals surface area contributed by atoms with Gasteiger partial charge in [0.05, 0.1) is 5.56 Å². The average Bonchev–Trinajstić information content (AvgIpc) is 2.98. The predicted molar refractivity (Wildman–Crippen MR) is 80.7 cm³/mol. The molecule has 5 heteroatoms. The van der Waals surface area contributed by atoms with Crippen molar-refractivity contribution < 1.29 is 14.3 Å². The van der Waals surface area contributed by atoms with Crippen LogP contribution in [-0.2, 0) is 6.42 Å². The van der Waals surface area contributed by atoms with E-state index in [4.69, 9.17) is 5.11 Å². The van der Waals surface area contributed by atoms with E-state index in [0.29, 0.717) is 12.1 Å². The van der Waals surface area contributed by atoms with Crippen LogP contribution in [0.4, 0.5) is 4.39 Å². The molecule has 0 radical (unpaired) electrons. The second-order valence-electron chi connectivity index (χ2n) is 4.29. The van der Waals surface area contributed by atoms with Crippen molar-refractivity contribution in [2.75, 3.05) is 13.2 Å². The number of aliphatic hydroxyl groups is 1. The van der Waals surface area contributed by atoms with E-state index in [-0.39, 0.29) is 12.2 Å². The summed E-state index contributed by atoms with van der Waals surface area (Å²) in [6.07, 6.45) is 0.719. The van der Waals surface area contributed by atoms with Gasteiger partial charge >= 0.3 is 0 Å². The molecule has 3 nitrogen and oxygen atoms in total. The molecule has 1 heterocycles. The Morgan fingerprint density at radius 1 is 1.38 bits per heavy atom. The lowest BCUT2D eigenvalue weighted by atomic mass is 10.1. The molecular formula is C16H14FNO2S. The lowest BCUT2D eigenvalue weighted by Gasteiger charge is -2.06. The Morgan fingerprint density at radius 2 is 2.24 bits per heavy atom. The van der Waals surface area contributed by atoms with Gasteiger partial charge in [0, 0.05) is 12.1 Å². The van der Waals surface area contributed by atoms with Crippen molar-refractivity contribution in [2.24, 2.45) is 0 Å². The average molecular weight is 303 g/mol. The highest BCUT2D eigenvalue weighted by Gasteiger charge is 2.11. The first kappa shape index (κ1) is 15.2. The molecule has 1 aromatic carbocycles. The highest BCUT2D eigenvalue weighted by Crippen LogP contribution is 2.10. The third-order valence-electron chi connectivity index (χ3n) is 2.80. The number of benzene rings is 1. The first-order valence-electron chi connectivity index (χ1n) is 6.39. The van der Waals surface area contributed by atoms with E-state index in [1.807, 2.05) is 16.8 Å². The van der Waals surface area contributed by atoms with Gasteiger partial charge in [-0.2, -0.15) is 11.3 Å². The highest BCUT2D eigenvalue weighted by atomic mass is 32.1. The van der Waals surface area contributed by atoms with E-state index >= 15 is 0 Å². The number of aliphatic hydroxyl groups excluding tert-OH is 1. The number of halogens is 1. The molecule has 0 saturated heterocycles. The molecule has 0 atom stereocenters. The standard InChI is InChI=1S/C16H14FNO2S/c17-15-10-12(2-1-8-19)3-4-14(15)16(20)18-7-5-13-6-9-21-11-13/h3-4,6,9-11,19H,5,7-8H2,(H,18,20). The van der Waals surface area contributed by atoms with Gasteiger partial charge in [-0.15, -0.1) is 0 Å². The summed E-state index contributed by atoms with van der Waals surface area (Å²) in [5.41, 5.74) is 1.57. The van der Waals surface area contributed by atoms with Crippen LogP contribution in [0.15, 0.2) is 35.0 Å². The number of carbonyl (C=O) groups is 1. The van der Waals surface area contributed by atoms with Crippen molar-refractivity contribution in [1.82, 2.24) is 5.32 Å². The van der Waals surface area contributed by atoms with Crippen LogP contribution in [0.3, 0.4) is 0 Å². The largest absolute Gasteiger partial charge is 0.384 e. The predicted octanol–water partition coefficient (Wildman–Crippen LogP) is 2.20. The minimum absolute atomic E-state index is 0.00475. The van der Waals surface area contributed by atoms with Gasteiger partial charge in [-0.05, 0) is 47.0 Å². The third-order valence-corrected chi connectivity index (χ3v) is 3.54. The molecule has 1 aromatic heterocycles. The lowest BCUT2D eigenvalue weighted by Crippen LogP contribution is -2.26. The molecule has 0 saturated carbocycles. The quantitative estimate of drug-likeness (QED) is 0.851. The van der Waals surface area contributed by atoms with Gasteiger partial charge in [-0.3, -0.25) is 4.79 Å². The Bertz CT molecular complexity index is 671. The van der Waals surface area contributed by atoms with Crippen LogP contribution in [-0.4, -0.2) is 24.2 Å². The Kier molecular flexibility index (Phi) is 5.50. The summed E-state index contributed by atoms with van der Waals surface area (Å²) in [6.45, 7) is 0.174. The van der Waals surface area contributed by atoms with Gasteiger partial charge in [0.1, 0.15) is 12.4 Å². The summed E-state index contributed by atoms with van der Waals surface area (Å²) in [5.74, 6) is 3.96. The zero-order valence-corrected chi connectivity index (χ0v) is 12.0. The van der Waals surface area contributed by atoms with E-state index in [2.05, 4.69) is 17.2 Å². The maximum absolute atomic E-state index is 13.8. The molecule has 0 aliphatic rings. The topological polar surface area (TPSA) is 49.3 Å². The summed E-state index contributed by atoms with van der Waals surface area (Å²) in [5, 5.41) is 15.3. The fourth-order valence-corrected chi connectivity index (χ4v) is 2.47. The third kappa shape index (κ3) is 4.42. The normalized spacial score (nSPS) is 9.81. The van der Waals surface area contributed by atoms with Gasteiger partial charge < -0.3 is 10.4 Å². The Labute approximate surface area is 126 Å². The first-order valence-corrected chi connectivity index (χ1v) is 7.33. The molecule has 0 spiro atoms. The SMILES string of the molecule is O=C(NCCc1ccsc1)c1ccc(C#CCO)cc1F. The van der Waals surface area contributed by atoms with Crippen LogP contribution in [0, 0.1) is 17.7 Å². The first-order chi connectivity index (χ1) is 10.2. The van der Waals surface area contributed by atoms with Crippen LogP contribution in [0.2, 0.25) is 0 Å². The Morgan fingerprint density at radius 3 is 2.90 bits per heavy atom. The van der Waals surface area contributed by atoms with Crippen LogP contribution < -0.4 is 5.32 Å². The number of hydrogen-bond acceptors (Lipinski definition) is 3. The second-order valence-corrected chi connectivity index (χ2v) is 5.07. The van der Waals surface area contributed by atoms with Gasteiger partial charge in [0.25, 0.3) is 5.91 Å². The number of hydrogen-bond donors (Lipinski definition) is 2. The minimum atomic E-state index is -0.618. The maximum Gasteiger partial charge on any atom is 0.254 e. The van der Waals surface area contributed by atoms with Crippen LogP contribution in [0.1, 0.15) is 21.5 Å². The van der Waals surface area contributed by atoms with Gasteiger partial charge in [-0.1, -0.05) is 11.8 Å². The fraction of sp³-hybridized carbons (Fsp3) is 0.188. The van der Waals surface area contributed by atoms with Gasteiger partial charge in [0.2, 0.25) is 0 Å². The van der Waals surface area contributed by atoms with Crippen molar-refractivity contribution >= 4 is 17.2 Å². The van der Waals surface area contributed by atoms with Crippen molar-refractivity contribution in [3.8, 4) is 11.8 Å². The zero-order chi connectivity index (χ0) is 15.1. The van der Waals surface area contributed by atoms with E-state index in [9.17, 15) is 9.18 Å². The number of thiophene rings is 1. The molecule has 0 unspecified atom stereocenters. The number of amides is 1. The molecule has 2 N–H and O–H groups in total. The van der Waals surface area contributed by atoms with Gasteiger partial charge in [0.15, 0.2) is 0 Å². The Hall–Kier alpha value is -2.16. The summed E-state index contributed by atoms with van der Waals surface area (Å²) >= 11 is 1.60. The summed E-state index contributed by atoms with van der Waals surface area (Å²) in [4.78, 5) is 11.9. The summed E-state index contributed by atoms with van der Waals surface area (Å²) in [7, 11) is 0. The second kappa shape index (κ2) is 7.58. The molecular weight excluding hydrogens is 289 g/mol. The highest BCUT2D eigenvalue weighted by molar-refractivity contribution is 7.07. The van der Waals surface area contributed by atoms with Crippen LogP contribution in [0.25, 0.3) is 0 Å². The molecule has 0 aliphatic heterocycles. The maximum atomic E-state index is 13.8. The smallest absolute Gasteiger partial charge is 0.254 e. The number of rotatable bonds is 4. The van der Waals surface area contributed by atoms with E-state index in [0.717, 1.165) is 12.0 Å². The van der Waals surface area contributed by atoms with Crippen molar-refractivity contribution in [3.63, 3.8) is 0 Å². The van der Waals surface area contributed by atoms with E-state index in [1.165, 1.54) is 12.1 Å². The number of nitrogens with one attached hydrogen (secondary N) is 1. The molecule has 1 amide bonds. The zero-order valence-electron chi connectivity index (χ0n) is 11.2. The van der Waals surface area contributed by atoms with Crippen molar-refractivity contribution in [1.29, 1.82) is 0 Å². The van der Waals surface area contributed by atoms with E-state index in [1.54, 1.807) is 17.4 Å². The van der Waals surface area contributed by atoms with Crippen molar-refractivity contribution in [2.45, 2.75) is 6.42 Å². The lowest BCUT2D eigenvalue weighted by molar-refractivity contribution is 0.0950. The molecule has 21 heavy (non-hydrogen) atoms. The van der Waals surface area contributed by atoms with Gasteiger partial charge in [-0.25, -0.2) is 4.39 Å². The molecule has 0 fully saturated rings. The van der Waals surface area contributed by atoms with Crippen LogP contribution in [0.5, 0.6) is 0 Å². The van der Waals surface area contributed by atoms with E-state index < -0.39 is 11.7 Å². The van der Waals surface area contributed by atoms with Crippen LogP contribution >= 0.6 is 11.3 Å². The molecule has 2 rings (SSSR count). The fourth-order valence-electron chi connectivity index (χ4n) is 1.77. The van der Waals surface area contributed by atoms with Crippen molar-refractivity contribution in [3.05, 3.63) is 57.5 Å².